The van der Waals surface area contributed by atoms with Gasteiger partial charge in [0.05, 0.1) is 13.2 Å². The van der Waals surface area contributed by atoms with E-state index in [-0.39, 0.29) is 12.0 Å². The molecule has 6 heteroatoms. The van der Waals surface area contributed by atoms with Crippen molar-refractivity contribution in [3.63, 3.8) is 0 Å². The fourth-order valence-corrected chi connectivity index (χ4v) is 5.58. The van der Waals surface area contributed by atoms with Crippen LogP contribution < -0.4 is 10.1 Å². The summed E-state index contributed by atoms with van der Waals surface area (Å²) in [7, 11) is 0. The molecule has 0 atom stereocenters. The van der Waals surface area contributed by atoms with Crippen molar-refractivity contribution >= 4 is 5.91 Å². The standard InChI is InChI=1S/C33H41N3O3/c37-33(34-17-8-18-35-21-23-38-24-22-35)29-13-7-14-31(25-29)39-30-15-19-36(20-16-30)26-32(27-9-3-1-4-10-27)28-11-5-2-6-12-28/h1-7,9-14,25,30,32H,8,15-24,26H2,(H,34,37). The zero-order chi connectivity index (χ0) is 26.7. The van der Waals surface area contributed by atoms with Gasteiger partial charge in [0.2, 0.25) is 0 Å². The van der Waals surface area contributed by atoms with Gasteiger partial charge in [0.25, 0.3) is 5.91 Å². The second kappa shape index (κ2) is 14.3. The predicted octanol–water partition coefficient (Wildman–Crippen LogP) is 4.81. The Kier molecular flexibility index (Phi) is 10.0. The largest absolute Gasteiger partial charge is 0.490 e. The van der Waals surface area contributed by atoms with Gasteiger partial charge >= 0.3 is 0 Å². The van der Waals surface area contributed by atoms with Gasteiger partial charge in [0.1, 0.15) is 11.9 Å². The van der Waals surface area contributed by atoms with E-state index < -0.39 is 0 Å². The molecule has 1 N–H and O–H groups in total. The van der Waals surface area contributed by atoms with E-state index >= 15 is 0 Å². The molecule has 206 valence electrons. The summed E-state index contributed by atoms with van der Waals surface area (Å²) in [5.41, 5.74) is 3.38. The highest BCUT2D eigenvalue weighted by molar-refractivity contribution is 5.94. The summed E-state index contributed by atoms with van der Waals surface area (Å²) in [6, 6.07) is 29.2. The number of piperidine rings is 1. The van der Waals surface area contributed by atoms with Gasteiger partial charge in [-0.1, -0.05) is 66.7 Å². The third kappa shape index (κ3) is 8.15. The van der Waals surface area contributed by atoms with E-state index in [1.165, 1.54) is 11.1 Å². The first-order valence-electron chi connectivity index (χ1n) is 14.4. The van der Waals surface area contributed by atoms with Crippen molar-refractivity contribution in [2.75, 3.05) is 59.0 Å². The maximum Gasteiger partial charge on any atom is 0.251 e. The van der Waals surface area contributed by atoms with Gasteiger partial charge in [-0.3, -0.25) is 9.69 Å². The Labute approximate surface area is 232 Å². The molecule has 1 amide bonds. The number of carbonyl (C=O) groups excluding carboxylic acids is 1. The number of nitrogens with zero attached hydrogens (tertiary/aromatic N) is 2. The van der Waals surface area contributed by atoms with Crippen LogP contribution in [0.2, 0.25) is 0 Å². The van der Waals surface area contributed by atoms with Crippen molar-refractivity contribution in [1.82, 2.24) is 15.1 Å². The molecule has 3 aromatic rings. The molecule has 0 saturated carbocycles. The SMILES string of the molecule is O=C(NCCCN1CCOCC1)c1cccc(OC2CCN(CC(c3ccccc3)c3ccccc3)CC2)c1. The molecule has 2 saturated heterocycles. The quantitative estimate of drug-likeness (QED) is 0.363. The van der Waals surface area contributed by atoms with E-state index in [2.05, 4.69) is 75.8 Å². The van der Waals surface area contributed by atoms with Crippen LogP contribution in [-0.4, -0.2) is 80.8 Å². The topological polar surface area (TPSA) is 54.0 Å². The Morgan fingerprint density at radius 1 is 0.846 bits per heavy atom. The molecule has 2 fully saturated rings. The summed E-state index contributed by atoms with van der Waals surface area (Å²) in [6.07, 6.45) is 3.07. The van der Waals surface area contributed by atoms with Crippen molar-refractivity contribution in [1.29, 1.82) is 0 Å². The number of hydrogen-bond acceptors (Lipinski definition) is 5. The molecule has 0 radical (unpaired) electrons. The number of ether oxygens (including phenoxy) is 2. The summed E-state index contributed by atoms with van der Waals surface area (Å²) in [5, 5.41) is 3.06. The highest BCUT2D eigenvalue weighted by Crippen LogP contribution is 2.28. The van der Waals surface area contributed by atoms with Crippen LogP contribution in [0.3, 0.4) is 0 Å². The molecule has 0 aromatic heterocycles. The molecule has 0 unspecified atom stereocenters. The second-order valence-corrected chi connectivity index (χ2v) is 10.6. The van der Waals surface area contributed by atoms with E-state index in [4.69, 9.17) is 9.47 Å². The summed E-state index contributed by atoms with van der Waals surface area (Å²) in [6.45, 7) is 8.24. The smallest absolute Gasteiger partial charge is 0.251 e. The summed E-state index contributed by atoms with van der Waals surface area (Å²) in [4.78, 5) is 17.7. The lowest BCUT2D eigenvalue weighted by Gasteiger charge is -2.34. The molecule has 39 heavy (non-hydrogen) atoms. The lowest BCUT2D eigenvalue weighted by atomic mass is 9.90. The van der Waals surface area contributed by atoms with E-state index in [9.17, 15) is 4.79 Å². The molecule has 0 aliphatic carbocycles. The number of likely N-dealkylation sites (tertiary alicyclic amines) is 1. The number of carbonyl (C=O) groups is 1. The van der Waals surface area contributed by atoms with Crippen molar-refractivity contribution in [2.24, 2.45) is 0 Å². The van der Waals surface area contributed by atoms with Gasteiger partial charge in [-0.05, 0) is 55.1 Å². The van der Waals surface area contributed by atoms with Gasteiger partial charge in [-0.25, -0.2) is 0 Å². The number of hydrogen-bond donors (Lipinski definition) is 1. The molecule has 0 spiro atoms. The highest BCUT2D eigenvalue weighted by Gasteiger charge is 2.24. The Balaban J connectivity index is 1.08. The third-order valence-corrected chi connectivity index (χ3v) is 7.82. The zero-order valence-electron chi connectivity index (χ0n) is 22.8. The lowest BCUT2D eigenvalue weighted by molar-refractivity contribution is 0.0374. The number of morpholine rings is 1. The van der Waals surface area contributed by atoms with Crippen molar-refractivity contribution in [3.8, 4) is 5.75 Å². The Hall–Kier alpha value is -3.19. The Morgan fingerprint density at radius 2 is 1.51 bits per heavy atom. The van der Waals surface area contributed by atoms with Gasteiger partial charge in [0.15, 0.2) is 0 Å². The van der Waals surface area contributed by atoms with Crippen LogP contribution in [-0.2, 0) is 4.74 Å². The van der Waals surface area contributed by atoms with Crippen LogP contribution in [0.1, 0.15) is 46.7 Å². The first-order chi connectivity index (χ1) is 19.2. The van der Waals surface area contributed by atoms with E-state index in [0.29, 0.717) is 18.0 Å². The van der Waals surface area contributed by atoms with Crippen molar-refractivity contribution < 1.29 is 14.3 Å². The van der Waals surface area contributed by atoms with Crippen LogP contribution >= 0.6 is 0 Å². The molecule has 6 nitrogen and oxygen atoms in total. The number of amides is 1. The first-order valence-corrected chi connectivity index (χ1v) is 14.4. The van der Waals surface area contributed by atoms with Crippen LogP contribution in [0.4, 0.5) is 0 Å². The second-order valence-electron chi connectivity index (χ2n) is 10.6. The number of rotatable bonds is 11. The molecule has 3 aromatic carbocycles. The highest BCUT2D eigenvalue weighted by atomic mass is 16.5. The molecule has 5 rings (SSSR count). The maximum absolute atomic E-state index is 12.7. The van der Waals surface area contributed by atoms with Crippen LogP contribution in [0.5, 0.6) is 5.75 Å². The third-order valence-electron chi connectivity index (χ3n) is 7.82. The van der Waals surface area contributed by atoms with E-state index in [1.54, 1.807) is 0 Å². The average molecular weight is 528 g/mol. The molecule has 0 bridgehead atoms. The lowest BCUT2D eigenvalue weighted by Crippen LogP contribution is -2.40. The summed E-state index contributed by atoms with van der Waals surface area (Å²) in [5.74, 6) is 1.10. The molecular weight excluding hydrogens is 486 g/mol. The van der Waals surface area contributed by atoms with Gasteiger partial charge < -0.3 is 19.7 Å². The van der Waals surface area contributed by atoms with Crippen LogP contribution in [0, 0.1) is 0 Å². The van der Waals surface area contributed by atoms with Crippen molar-refractivity contribution in [3.05, 3.63) is 102 Å². The van der Waals surface area contributed by atoms with Crippen LogP contribution in [0.15, 0.2) is 84.9 Å². The molecular formula is C33H41N3O3. The average Bonchev–Trinajstić information content (AvgIpc) is 3.00. The minimum atomic E-state index is -0.0369. The first kappa shape index (κ1) is 27.4. The van der Waals surface area contributed by atoms with Gasteiger partial charge in [0, 0.05) is 50.7 Å². The summed E-state index contributed by atoms with van der Waals surface area (Å²) < 4.78 is 11.7. The van der Waals surface area contributed by atoms with Gasteiger partial charge in [-0.2, -0.15) is 0 Å². The minimum absolute atomic E-state index is 0.0369. The van der Waals surface area contributed by atoms with Gasteiger partial charge in [-0.15, -0.1) is 0 Å². The minimum Gasteiger partial charge on any atom is -0.490 e. The fraction of sp³-hybridized carbons (Fsp3) is 0.424. The Morgan fingerprint density at radius 3 is 2.18 bits per heavy atom. The molecule has 2 aliphatic rings. The van der Waals surface area contributed by atoms with E-state index in [1.807, 2.05) is 24.3 Å². The van der Waals surface area contributed by atoms with Crippen molar-refractivity contribution in [2.45, 2.75) is 31.3 Å². The summed E-state index contributed by atoms with van der Waals surface area (Å²) >= 11 is 0. The molecule has 2 aliphatic heterocycles. The normalized spacial score (nSPS) is 17.3. The van der Waals surface area contributed by atoms with E-state index in [0.717, 1.165) is 77.5 Å². The van der Waals surface area contributed by atoms with Crippen LogP contribution in [0.25, 0.3) is 0 Å². The predicted molar refractivity (Wildman–Crippen MR) is 155 cm³/mol. The molecule has 2 heterocycles. The fourth-order valence-electron chi connectivity index (χ4n) is 5.58. The number of benzene rings is 3. The monoisotopic (exact) mass is 527 g/mol. The number of nitrogens with one attached hydrogen (secondary N) is 1. The zero-order valence-corrected chi connectivity index (χ0v) is 22.8. The Bertz CT molecular complexity index is 1100. The maximum atomic E-state index is 12.7.